The summed E-state index contributed by atoms with van der Waals surface area (Å²) in [7, 11) is 0. The number of aryl methyl sites for hydroxylation is 1. The molecular weight excluding hydrogens is 342 g/mol. The molecule has 0 saturated carbocycles. The van der Waals surface area contributed by atoms with Gasteiger partial charge in [0.25, 0.3) is 5.91 Å². The van der Waals surface area contributed by atoms with Crippen LogP contribution in [0.3, 0.4) is 0 Å². The summed E-state index contributed by atoms with van der Waals surface area (Å²) in [5, 5.41) is 3.58. The Morgan fingerprint density at radius 3 is 2.28 bits per heavy atom. The predicted molar refractivity (Wildman–Crippen MR) is 93.6 cm³/mol. The third-order valence-corrected chi connectivity index (χ3v) is 4.88. The number of amides is 1. The molecule has 0 aliphatic carbocycles. The number of nitrogens with zero attached hydrogens (tertiary/aromatic N) is 1. The molecule has 0 unspecified atom stereocenters. The molecule has 2 aromatic carbocycles. The van der Waals surface area contributed by atoms with E-state index in [1.54, 1.807) is 12.1 Å². The van der Waals surface area contributed by atoms with E-state index in [1.807, 2.05) is 6.92 Å². The lowest BCUT2D eigenvalue weighted by Crippen LogP contribution is -2.22. The second-order valence-electron chi connectivity index (χ2n) is 5.61. The average molecular weight is 358 g/mol. The maximum Gasteiger partial charge on any atom is 0.251 e. The molecule has 1 aromatic heterocycles. The topological polar surface area (TPSA) is 42.0 Å². The summed E-state index contributed by atoms with van der Waals surface area (Å²) in [4.78, 5) is 17.6. The van der Waals surface area contributed by atoms with Crippen LogP contribution in [0.5, 0.6) is 0 Å². The quantitative estimate of drug-likeness (QED) is 0.741. The highest BCUT2D eigenvalue weighted by Crippen LogP contribution is 2.22. The van der Waals surface area contributed by atoms with Gasteiger partial charge in [0.2, 0.25) is 0 Å². The highest BCUT2D eigenvalue weighted by molar-refractivity contribution is 7.11. The van der Waals surface area contributed by atoms with Crippen molar-refractivity contribution in [2.45, 2.75) is 19.9 Å². The van der Waals surface area contributed by atoms with E-state index >= 15 is 0 Å². The summed E-state index contributed by atoms with van der Waals surface area (Å²) in [6.07, 6.45) is 0.676. The van der Waals surface area contributed by atoms with Gasteiger partial charge in [0.05, 0.1) is 12.2 Å². The number of benzene rings is 2. The number of aromatic nitrogens is 1. The molecular formula is C19H16F2N2OS. The Bertz CT molecular complexity index is 873. The fourth-order valence-electron chi connectivity index (χ4n) is 2.37. The first-order valence-corrected chi connectivity index (χ1v) is 8.56. The van der Waals surface area contributed by atoms with Crippen molar-refractivity contribution in [3.8, 4) is 0 Å². The summed E-state index contributed by atoms with van der Waals surface area (Å²) < 4.78 is 25.9. The number of hydrogen-bond acceptors (Lipinski definition) is 3. The van der Waals surface area contributed by atoms with E-state index in [1.165, 1.54) is 47.7 Å². The number of carbonyl (C=O) groups excluding carboxylic acids is 1. The number of thiazole rings is 1. The van der Waals surface area contributed by atoms with Gasteiger partial charge in [-0.2, -0.15) is 0 Å². The minimum Gasteiger partial charge on any atom is -0.346 e. The van der Waals surface area contributed by atoms with Crippen LogP contribution in [0, 0.1) is 18.6 Å². The Labute approximate surface area is 148 Å². The molecule has 25 heavy (non-hydrogen) atoms. The zero-order chi connectivity index (χ0) is 17.8. The molecule has 1 N–H and O–H groups in total. The van der Waals surface area contributed by atoms with Crippen molar-refractivity contribution in [1.82, 2.24) is 10.3 Å². The van der Waals surface area contributed by atoms with Crippen molar-refractivity contribution in [3.63, 3.8) is 0 Å². The lowest BCUT2D eigenvalue weighted by molar-refractivity contribution is 0.0951. The van der Waals surface area contributed by atoms with Crippen LogP contribution in [-0.2, 0) is 13.0 Å². The smallest absolute Gasteiger partial charge is 0.251 e. The largest absolute Gasteiger partial charge is 0.346 e. The maximum atomic E-state index is 13.0. The van der Waals surface area contributed by atoms with Crippen LogP contribution >= 0.6 is 11.3 Å². The molecule has 0 fully saturated rings. The van der Waals surface area contributed by atoms with Crippen molar-refractivity contribution in [2.75, 3.05) is 0 Å². The monoisotopic (exact) mass is 358 g/mol. The number of halogens is 2. The van der Waals surface area contributed by atoms with Crippen molar-refractivity contribution < 1.29 is 13.6 Å². The van der Waals surface area contributed by atoms with Gasteiger partial charge in [0.15, 0.2) is 0 Å². The van der Waals surface area contributed by atoms with E-state index in [0.29, 0.717) is 18.5 Å². The molecule has 0 radical (unpaired) electrons. The zero-order valence-electron chi connectivity index (χ0n) is 13.6. The van der Waals surface area contributed by atoms with E-state index in [-0.39, 0.29) is 17.5 Å². The number of hydrogen-bond donors (Lipinski definition) is 1. The molecule has 3 rings (SSSR count). The first-order chi connectivity index (χ1) is 12.0. The number of nitrogens with one attached hydrogen (secondary N) is 1. The average Bonchev–Trinajstić information content (AvgIpc) is 2.95. The highest BCUT2D eigenvalue weighted by Gasteiger charge is 2.11. The van der Waals surface area contributed by atoms with Gasteiger partial charge in [-0.05, 0) is 48.9 Å². The number of carbonyl (C=O) groups is 1. The van der Waals surface area contributed by atoms with Crippen molar-refractivity contribution in [2.24, 2.45) is 0 Å². The molecule has 6 heteroatoms. The standard InChI is InChI=1S/C19H16F2N2OS/c1-12-17(10-13-2-6-15(20)7-3-13)25-18(23-12)11-22-19(24)14-4-8-16(21)9-5-14/h2-9H,10-11H2,1H3,(H,22,24). The maximum absolute atomic E-state index is 13.0. The number of rotatable bonds is 5. The van der Waals surface area contributed by atoms with Crippen molar-refractivity contribution in [3.05, 3.63) is 86.9 Å². The van der Waals surface area contributed by atoms with Gasteiger partial charge < -0.3 is 5.32 Å². The Morgan fingerprint density at radius 1 is 1.04 bits per heavy atom. The van der Waals surface area contributed by atoms with Crippen molar-refractivity contribution in [1.29, 1.82) is 0 Å². The molecule has 0 spiro atoms. The predicted octanol–water partition coefficient (Wildman–Crippen LogP) is 4.25. The second-order valence-corrected chi connectivity index (χ2v) is 6.78. The van der Waals surface area contributed by atoms with Gasteiger partial charge in [-0.1, -0.05) is 12.1 Å². The zero-order valence-corrected chi connectivity index (χ0v) is 14.4. The normalized spacial score (nSPS) is 10.7. The molecule has 3 nitrogen and oxygen atoms in total. The van der Waals surface area contributed by atoms with Crippen LogP contribution in [0.15, 0.2) is 48.5 Å². The van der Waals surface area contributed by atoms with Gasteiger partial charge >= 0.3 is 0 Å². The van der Waals surface area contributed by atoms with E-state index < -0.39 is 0 Å². The fraction of sp³-hybridized carbons (Fsp3) is 0.158. The Morgan fingerprint density at radius 2 is 1.64 bits per heavy atom. The van der Waals surface area contributed by atoms with Crippen LogP contribution in [0.1, 0.15) is 31.5 Å². The molecule has 1 heterocycles. The van der Waals surface area contributed by atoms with E-state index in [4.69, 9.17) is 0 Å². The molecule has 3 aromatic rings. The van der Waals surface area contributed by atoms with Crippen LogP contribution < -0.4 is 5.32 Å². The Balaban J connectivity index is 1.63. The lowest BCUT2D eigenvalue weighted by Gasteiger charge is -2.02. The molecule has 1 amide bonds. The summed E-state index contributed by atoms with van der Waals surface area (Å²) >= 11 is 1.52. The Kier molecular flexibility index (Phi) is 5.19. The SMILES string of the molecule is Cc1nc(CNC(=O)c2ccc(F)cc2)sc1Cc1ccc(F)cc1. The minimum absolute atomic E-state index is 0.256. The summed E-state index contributed by atoms with van der Waals surface area (Å²) in [6.45, 7) is 2.23. The molecule has 0 saturated heterocycles. The van der Waals surface area contributed by atoms with E-state index in [2.05, 4.69) is 10.3 Å². The molecule has 0 aliphatic heterocycles. The van der Waals surface area contributed by atoms with Crippen LogP contribution in [0.4, 0.5) is 8.78 Å². The van der Waals surface area contributed by atoms with Crippen LogP contribution in [-0.4, -0.2) is 10.9 Å². The summed E-state index contributed by atoms with van der Waals surface area (Å²) in [6, 6.07) is 11.8. The first-order valence-electron chi connectivity index (χ1n) is 7.74. The van der Waals surface area contributed by atoms with E-state index in [9.17, 15) is 13.6 Å². The second kappa shape index (κ2) is 7.53. The van der Waals surface area contributed by atoms with Gasteiger partial charge in [-0.3, -0.25) is 4.79 Å². The van der Waals surface area contributed by atoms with Crippen LogP contribution in [0.25, 0.3) is 0 Å². The fourth-order valence-corrected chi connectivity index (χ4v) is 3.42. The van der Waals surface area contributed by atoms with Crippen LogP contribution in [0.2, 0.25) is 0 Å². The van der Waals surface area contributed by atoms with Gasteiger partial charge in [-0.15, -0.1) is 11.3 Å². The summed E-state index contributed by atoms with van der Waals surface area (Å²) in [5.41, 5.74) is 2.32. The Hall–Kier alpha value is -2.60. The minimum atomic E-state index is -0.377. The third-order valence-electron chi connectivity index (χ3n) is 3.72. The van der Waals surface area contributed by atoms with E-state index in [0.717, 1.165) is 21.1 Å². The summed E-state index contributed by atoms with van der Waals surface area (Å²) in [5.74, 6) is -0.903. The first kappa shape index (κ1) is 17.2. The van der Waals surface area contributed by atoms with Crippen molar-refractivity contribution >= 4 is 17.2 Å². The molecule has 0 aliphatic rings. The molecule has 0 bridgehead atoms. The highest BCUT2D eigenvalue weighted by atomic mass is 32.1. The molecule has 128 valence electrons. The lowest BCUT2D eigenvalue weighted by atomic mass is 10.1. The van der Waals surface area contributed by atoms with Gasteiger partial charge in [0.1, 0.15) is 16.6 Å². The van der Waals surface area contributed by atoms with Gasteiger partial charge in [-0.25, -0.2) is 13.8 Å². The third kappa shape index (κ3) is 4.48. The van der Waals surface area contributed by atoms with Gasteiger partial charge in [0, 0.05) is 16.9 Å². The molecule has 0 atom stereocenters.